The third-order valence-corrected chi connectivity index (χ3v) is 2.97. The Morgan fingerprint density at radius 1 is 1.20 bits per heavy atom. The van der Waals surface area contributed by atoms with Crippen molar-refractivity contribution in [2.75, 3.05) is 5.32 Å². The van der Waals surface area contributed by atoms with Crippen LogP contribution in [0.2, 0.25) is 0 Å². The molecule has 1 unspecified atom stereocenters. The molecular formula is C13H21NS. The van der Waals surface area contributed by atoms with Crippen LogP contribution >= 0.6 is 12.6 Å². The molecule has 84 valence electrons. The highest BCUT2D eigenvalue weighted by Crippen LogP contribution is 2.23. The van der Waals surface area contributed by atoms with Gasteiger partial charge in [-0.3, -0.25) is 0 Å². The number of benzene rings is 1. The topological polar surface area (TPSA) is 12.0 Å². The fraction of sp³-hybridized carbons (Fsp3) is 0.538. The van der Waals surface area contributed by atoms with Crippen LogP contribution in [0.15, 0.2) is 24.3 Å². The Bertz CT molecular complexity index is 297. The van der Waals surface area contributed by atoms with Crippen molar-refractivity contribution >= 4 is 18.3 Å². The van der Waals surface area contributed by atoms with Crippen LogP contribution in [0.25, 0.3) is 0 Å². The van der Waals surface area contributed by atoms with Crippen molar-refractivity contribution < 1.29 is 0 Å². The van der Waals surface area contributed by atoms with Gasteiger partial charge in [0.15, 0.2) is 0 Å². The molecule has 0 heterocycles. The molecule has 0 radical (unpaired) electrons. The lowest BCUT2D eigenvalue weighted by molar-refractivity contribution is 0.590. The lowest BCUT2D eigenvalue weighted by atomic mass is 9.87. The first kappa shape index (κ1) is 12.4. The number of thiol groups is 1. The number of rotatable bonds is 3. The molecule has 1 rings (SSSR count). The fourth-order valence-electron chi connectivity index (χ4n) is 1.36. The molecule has 0 spiro atoms. The predicted octanol–water partition coefficient (Wildman–Crippen LogP) is 4.06. The summed E-state index contributed by atoms with van der Waals surface area (Å²) in [6, 6.07) is 8.61. The van der Waals surface area contributed by atoms with Crippen molar-refractivity contribution in [3.63, 3.8) is 0 Å². The SMILES string of the molecule is CCC(S)Nc1ccc(C(C)(C)C)cc1. The highest BCUT2D eigenvalue weighted by molar-refractivity contribution is 7.81. The molecule has 1 atom stereocenters. The van der Waals surface area contributed by atoms with E-state index in [9.17, 15) is 0 Å². The molecule has 0 saturated carbocycles. The summed E-state index contributed by atoms with van der Waals surface area (Å²) in [6.45, 7) is 8.79. The Morgan fingerprint density at radius 3 is 2.13 bits per heavy atom. The van der Waals surface area contributed by atoms with Crippen LogP contribution in [0.1, 0.15) is 39.7 Å². The zero-order chi connectivity index (χ0) is 11.5. The summed E-state index contributed by atoms with van der Waals surface area (Å²) >= 11 is 4.41. The summed E-state index contributed by atoms with van der Waals surface area (Å²) in [6.07, 6.45) is 1.02. The molecule has 1 nitrogen and oxygen atoms in total. The van der Waals surface area contributed by atoms with Crippen molar-refractivity contribution in [1.82, 2.24) is 0 Å². The summed E-state index contributed by atoms with van der Waals surface area (Å²) in [5.74, 6) is 0. The summed E-state index contributed by atoms with van der Waals surface area (Å²) in [4.78, 5) is 0. The van der Waals surface area contributed by atoms with Crippen LogP contribution in [0.4, 0.5) is 5.69 Å². The molecule has 15 heavy (non-hydrogen) atoms. The standard InChI is InChI=1S/C13H21NS/c1-5-12(15)14-11-8-6-10(7-9-11)13(2,3)4/h6-9,12,14-15H,5H2,1-4H3. The Labute approximate surface area is 98.7 Å². The van der Waals surface area contributed by atoms with Gasteiger partial charge >= 0.3 is 0 Å². The van der Waals surface area contributed by atoms with Crippen molar-refractivity contribution in [2.45, 2.75) is 44.9 Å². The molecule has 1 aromatic carbocycles. The maximum atomic E-state index is 4.41. The monoisotopic (exact) mass is 223 g/mol. The van der Waals surface area contributed by atoms with Crippen LogP contribution in [0.5, 0.6) is 0 Å². The minimum absolute atomic E-state index is 0.226. The van der Waals surface area contributed by atoms with Gasteiger partial charge in [-0.25, -0.2) is 0 Å². The van der Waals surface area contributed by atoms with Crippen molar-refractivity contribution in [1.29, 1.82) is 0 Å². The number of hydrogen-bond acceptors (Lipinski definition) is 2. The largest absolute Gasteiger partial charge is 0.374 e. The van der Waals surface area contributed by atoms with E-state index in [4.69, 9.17) is 0 Å². The number of anilines is 1. The smallest absolute Gasteiger partial charge is 0.0690 e. The summed E-state index contributed by atoms with van der Waals surface area (Å²) < 4.78 is 0. The molecule has 0 aromatic heterocycles. The first-order valence-electron chi connectivity index (χ1n) is 5.48. The third kappa shape index (κ3) is 3.78. The van der Waals surface area contributed by atoms with E-state index in [1.54, 1.807) is 0 Å². The van der Waals surface area contributed by atoms with E-state index >= 15 is 0 Å². The van der Waals surface area contributed by atoms with Gasteiger partial charge in [0.25, 0.3) is 0 Å². The second-order valence-electron chi connectivity index (χ2n) is 4.90. The lowest BCUT2D eigenvalue weighted by Gasteiger charge is -2.20. The first-order chi connectivity index (χ1) is 6.93. The molecular weight excluding hydrogens is 202 g/mol. The number of nitrogens with one attached hydrogen (secondary N) is 1. The Balaban J connectivity index is 2.73. The average Bonchev–Trinajstić information content (AvgIpc) is 2.17. The second-order valence-corrected chi connectivity index (χ2v) is 5.52. The molecule has 0 aliphatic rings. The van der Waals surface area contributed by atoms with Crippen LogP contribution in [-0.2, 0) is 5.41 Å². The minimum Gasteiger partial charge on any atom is -0.374 e. The van der Waals surface area contributed by atoms with Gasteiger partial charge < -0.3 is 5.32 Å². The first-order valence-corrected chi connectivity index (χ1v) is 6.00. The molecule has 0 amide bonds. The van der Waals surface area contributed by atoms with E-state index in [2.05, 4.69) is 69.9 Å². The quantitative estimate of drug-likeness (QED) is 0.581. The maximum Gasteiger partial charge on any atom is 0.0690 e. The van der Waals surface area contributed by atoms with Gasteiger partial charge in [0, 0.05) is 5.69 Å². The molecule has 0 aliphatic heterocycles. The molecule has 2 heteroatoms. The van der Waals surface area contributed by atoms with Crippen LogP contribution in [-0.4, -0.2) is 5.37 Å². The van der Waals surface area contributed by atoms with Gasteiger partial charge in [-0.2, -0.15) is 12.6 Å². The van der Waals surface area contributed by atoms with Gasteiger partial charge in [0.05, 0.1) is 5.37 Å². The normalized spacial score (nSPS) is 13.7. The minimum atomic E-state index is 0.226. The Morgan fingerprint density at radius 2 is 1.73 bits per heavy atom. The van der Waals surface area contributed by atoms with Crippen molar-refractivity contribution in [3.8, 4) is 0 Å². The highest BCUT2D eigenvalue weighted by atomic mass is 32.1. The second kappa shape index (κ2) is 4.93. The van der Waals surface area contributed by atoms with Crippen LogP contribution in [0, 0.1) is 0 Å². The molecule has 0 aliphatic carbocycles. The lowest BCUT2D eigenvalue weighted by Crippen LogP contribution is -2.13. The van der Waals surface area contributed by atoms with Crippen LogP contribution in [0.3, 0.4) is 0 Å². The van der Waals surface area contributed by atoms with E-state index in [0.717, 1.165) is 12.1 Å². The van der Waals surface area contributed by atoms with Crippen LogP contribution < -0.4 is 5.32 Å². The zero-order valence-corrected chi connectivity index (χ0v) is 10.9. The average molecular weight is 223 g/mol. The molecule has 1 N–H and O–H groups in total. The molecule has 0 bridgehead atoms. The van der Waals surface area contributed by atoms with Gasteiger partial charge in [-0.1, -0.05) is 39.8 Å². The molecule has 1 aromatic rings. The molecule has 0 saturated heterocycles. The fourth-order valence-corrected chi connectivity index (χ4v) is 1.51. The van der Waals surface area contributed by atoms with E-state index in [0.29, 0.717) is 0 Å². The summed E-state index contributed by atoms with van der Waals surface area (Å²) in [5, 5.41) is 3.58. The Hall–Kier alpha value is -0.630. The Kier molecular flexibility index (Phi) is 4.09. The van der Waals surface area contributed by atoms with Crippen molar-refractivity contribution in [2.24, 2.45) is 0 Å². The van der Waals surface area contributed by atoms with Crippen molar-refractivity contribution in [3.05, 3.63) is 29.8 Å². The third-order valence-electron chi connectivity index (χ3n) is 2.47. The van der Waals surface area contributed by atoms with Gasteiger partial charge in [0.1, 0.15) is 0 Å². The van der Waals surface area contributed by atoms with Gasteiger partial charge in [-0.15, -0.1) is 0 Å². The highest BCUT2D eigenvalue weighted by Gasteiger charge is 2.12. The van der Waals surface area contributed by atoms with E-state index in [-0.39, 0.29) is 10.8 Å². The summed E-state index contributed by atoms with van der Waals surface area (Å²) in [7, 11) is 0. The maximum absolute atomic E-state index is 4.41. The van der Waals surface area contributed by atoms with E-state index < -0.39 is 0 Å². The predicted molar refractivity (Wildman–Crippen MR) is 71.8 cm³/mol. The number of hydrogen-bond donors (Lipinski definition) is 2. The molecule has 0 fully saturated rings. The van der Waals surface area contributed by atoms with E-state index in [1.807, 2.05) is 0 Å². The van der Waals surface area contributed by atoms with E-state index in [1.165, 1.54) is 5.56 Å². The summed E-state index contributed by atoms with van der Waals surface area (Å²) in [5.41, 5.74) is 2.73. The van der Waals surface area contributed by atoms with Gasteiger partial charge in [0.2, 0.25) is 0 Å². The van der Waals surface area contributed by atoms with Gasteiger partial charge in [-0.05, 0) is 29.5 Å². The zero-order valence-electron chi connectivity index (χ0n) is 10.0.